The number of thiophene rings is 1. The Labute approximate surface area is 180 Å². The number of halogens is 1. The number of piperidine rings is 1. The Morgan fingerprint density at radius 1 is 1.38 bits per heavy atom. The zero-order chi connectivity index (χ0) is 18.3. The molecule has 1 fully saturated rings. The highest BCUT2D eigenvalue weighted by Gasteiger charge is 2.25. The first-order valence-electron chi connectivity index (χ1n) is 9.30. The first-order chi connectivity index (χ1) is 11.9. The lowest BCUT2D eigenvalue weighted by Gasteiger charge is -2.34. The maximum absolute atomic E-state index is 5.62. The molecule has 0 amide bonds. The van der Waals surface area contributed by atoms with Crippen LogP contribution in [-0.4, -0.2) is 51.4 Å². The summed E-state index contributed by atoms with van der Waals surface area (Å²) >= 11 is 1.82. The van der Waals surface area contributed by atoms with Crippen LogP contribution < -0.4 is 15.5 Å². The number of nitrogens with one attached hydrogen (secondary N) is 2. The SMILES string of the molecule is CCNC(=NCC(OC)C(C)(C)C)NC1CCN(c2cccs2)CC1.I. The predicted molar refractivity (Wildman–Crippen MR) is 124 cm³/mol. The second-order valence-electron chi connectivity index (χ2n) is 7.67. The quantitative estimate of drug-likeness (QED) is 0.357. The van der Waals surface area contributed by atoms with Gasteiger partial charge in [-0.25, -0.2) is 0 Å². The minimum absolute atomic E-state index is 0. The van der Waals surface area contributed by atoms with Gasteiger partial charge in [0, 0.05) is 32.8 Å². The number of hydrogen-bond acceptors (Lipinski definition) is 4. The van der Waals surface area contributed by atoms with Crippen molar-refractivity contribution < 1.29 is 4.74 Å². The maximum Gasteiger partial charge on any atom is 0.191 e. The van der Waals surface area contributed by atoms with Gasteiger partial charge in [-0.15, -0.1) is 35.3 Å². The molecule has 0 aromatic carbocycles. The average molecular weight is 494 g/mol. The third-order valence-electron chi connectivity index (χ3n) is 4.66. The van der Waals surface area contributed by atoms with Gasteiger partial charge in [0.05, 0.1) is 17.6 Å². The number of aliphatic imine (C=N–C) groups is 1. The Kier molecular flexibility index (Phi) is 10.2. The number of nitrogens with zero attached hydrogens (tertiary/aromatic N) is 2. The van der Waals surface area contributed by atoms with Crippen LogP contribution in [0.15, 0.2) is 22.5 Å². The lowest BCUT2D eigenvalue weighted by atomic mass is 9.89. The highest BCUT2D eigenvalue weighted by atomic mass is 127. The third kappa shape index (κ3) is 7.23. The lowest BCUT2D eigenvalue weighted by Crippen LogP contribution is -2.49. The molecule has 1 unspecified atom stereocenters. The number of rotatable bonds is 6. The van der Waals surface area contributed by atoms with Gasteiger partial charge in [0.1, 0.15) is 0 Å². The largest absolute Gasteiger partial charge is 0.379 e. The van der Waals surface area contributed by atoms with Crippen LogP contribution in [0.25, 0.3) is 0 Å². The van der Waals surface area contributed by atoms with Crippen molar-refractivity contribution in [2.45, 2.75) is 52.7 Å². The molecule has 5 nitrogen and oxygen atoms in total. The second kappa shape index (κ2) is 11.3. The van der Waals surface area contributed by atoms with Gasteiger partial charge >= 0.3 is 0 Å². The molecular weight excluding hydrogens is 459 g/mol. The number of ether oxygens (including phenoxy) is 1. The summed E-state index contributed by atoms with van der Waals surface area (Å²) in [6, 6.07) is 4.81. The topological polar surface area (TPSA) is 48.9 Å². The van der Waals surface area contributed by atoms with Crippen molar-refractivity contribution in [3.8, 4) is 0 Å². The molecule has 1 aromatic rings. The molecule has 1 atom stereocenters. The third-order valence-corrected chi connectivity index (χ3v) is 5.59. The average Bonchev–Trinajstić information content (AvgIpc) is 3.09. The summed E-state index contributed by atoms with van der Waals surface area (Å²) in [6.07, 6.45) is 2.38. The molecule has 1 saturated heterocycles. The van der Waals surface area contributed by atoms with Gasteiger partial charge in [-0.05, 0) is 42.7 Å². The van der Waals surface area contributed by atoms with Crippen LogP contribution in [0.2, 0.25) is 0 Å². The summed E-state index contributed by atoms with van der Waals surface area (Å²) in [4.78, 5) is 7.25. The molecule has 0 saturated carbocycles. The summed E-state index contributed by atoms with van der Waals surface area (Å²) in [5, 5.41) is 10.5. The molecule has 2 rings (SSSR count). The molecule has 2 N–H and O–H groups in total. The van der Waals surface area contributed by atoms with E-state index in [0.717, 1.165) is 38.4 Å². The van der Waals surface area contributed by atoms with Crippen molar-refractivity contribution in [3.05, 3.63) is 17.5 Å². The molecule has 1 aromatic heterocycles. The highest BCUT2D eigenvalue weighted by molar-refractivity contribution is 14.0. The van der Waals surface area contributed by atoms with E-state index in [1.165, 1.54) is 5.00 Å². The fourth-order valence-corrected chi connectivity index (χ4v) is 3.87. The van der Waals surface area contributed by atoms with Crippen molar-refractivity contribution in [2.75, 3.05) is 38.2 Å². The highest BCUT2D eigenvalue weighted by Crippen LogP contribution is 2.25. The van der Waals surface area contributed by atoms with Crippen molar-refractivity contribution in [2.24, 2.45) is 10.4 Å². The van der Waals surface area contributed by atoms with Crippen molar-refractivity contribution >= 4 is 46.3 Å². The maximum atomic E-state index is 5.62. The Morgan fingerprint density at radius 3 is 2.58 bits per heavy atom. The summed E-state index contributed by atoms with van der Waals surface area (Å²) in [7, 11) is 1.77. The van der Waals surface area contributed by atoms with Crippen molar-refractivity contribution in [1.82, 2.24) is 10.6 Å². The Hall–Kier alpha value is -0.540. The monoisotopic (exact) mass is 494 g/mol. The van der Waals surface area contributed by atoms with E-state index in [0.29, 0.717) is 12.6 Å². The summed E-state index contributed by atoms with van der Waals surface area (Å²) in [5.74, 6) is 0.906. The number of anilines is 1. The normalized spacial score (nSPS) is 17.6. The molecule has 0 radical (unpaired) electrons. The number of methoxy groups -OCH3 is 1. The van der Waals surface area contributed by atoms with E-state index in [-0.39, 0.29) is 35.5 Å². The molecule has 0 bridgehead atoms. The lowest BCUT2D eigenvalue weighted by molar-refractivity contribution is 0.0241. The van der Waals surface area contributed by atoms with E-state index < -0.39 is 0 Å². The van der Waals surface area contributed by atoms with Gasteiger partial charge in [-0.1, -0.05) is 20.8 Å². The molecule has 150 valence electrons. The van der Waals surface area contributed by atoms with E-state index in [4.69, 9.17) is 9.73 Å². The first kappa shape index (κ1) is 23.5. The van der Waals surface area contributed by atoms with Crippen molar-refractivity contribution in [1.29, 1.82) is 0 Å². The summed E-state index contributed by atoms with van der Waals surface area (Å²) in [6.45, 7) is 12.4. The van der Waals surface area contributed by atoms with Crippen LogP contribution in [0.1, 0.15) is 40.5 Å². The van der Waals surface area contributed by atoms with E-state index in [2.05, 4.69) is 60.7 Å². The van der Waals surface area contributed by atoms with Gasteiger partial charge in [0.25, 0.3) is 0 Å². The van der Waals surface area contributed by atoms with Crippen LogP contribution >= 0.6 is 35.3 Å². The zero-order valence-corrected chi connectivity index (χ0v) is 19.9. The second-order valence-corrected chi connectivity index (χ2v) is 8.59. The molecule has 7 heteroatoms. The van der Waals surface area contributed by atoms with Crippen LogP contribution in [0.5, 0.6) is 0 Å². The van der Waals surface area contributed by atoms with E-state index in [9.17, 15) is 0 Å². The van der Waals surface area contributed by atoms with Gasteiger partial charge in [-0.2, -0.15) is 0 Å². The van der Waals surface area contributed by atoms with Gasteiger partial charge in [-0.3, -0.25) is 4.99 Å². The molecule has 1 aliphatic heterocycles. The fraction of sp³-hybridized carbons (Fsp3) is 0.737. The standard InChI is InChI=1S/C19H34N4OS.HI/c1-6-20-18(21-14-16(24-5)19(2,3)4)22-15-9-11-23(12-10-15)17-8-7-13-25-17;/h7-8,13,15-16H,6,9-12,14H2,1-5H3,(H2,20,21,22);1H. The van der Waals surface area contributed by atoms with E-state index in [1.807, 2.05) is 11.3 Å². The summed E-state index contributed by atoms with van der Waals surface area (Å²) < 4.78 is 5.62. The van der Waals surface area contributed by atoms with E-state index >= 15 is 0 Å². The zero-order valence-electron chi connectivity index (χ0n) is 16.7. The molecular formula is C19H35IN4OS. The molecule has 0 aliphatic carbocycles. The van der Waals surface area contributed by atoms with Crippen LogP contribution in [0, 0.1) is 5.41 Å². The molecule has 0 spiro atoms. The minimum Gasteiger partial charge on any atom is -0.379 e. The number of hydrogen-bond donors (Lipinski definition) is 2. The Bertz CT molecular complexity index is 522. The van der Waals surface area contributed by atoms with Crippen LogP contribution in [0.4, 0.5) is 5.00 Å². The first-order valence-corrected chi connectivity index (χ1v) is 10.2. The summed E-state index contributed by atoms with van der Waals surface area (Å²) in [5.41, 5.74) is 0.0849. The van der Waals surface area contributed by atoms with Gasteiger partial charge < -0.3 is 20.3 Å². The molecule has 1 aliphatic rings. The minimum atomic E-state index is 0. The Morgan fingerprint density at radius 2 is 2.08 bits per heavy atom. The number of guanidine groups is 1. The van der Waals surface area contributed by atoms with Gasteiger partial charge in [0.15, 0.2) is 5.96 Å². The molecule has 2 heterocycles. The van der Waals surface area contributed by atoms with E-state index in [1.54, 1.807) is 7.11 Å². The molecule has 26 heavy (non-hydrogen) atoms. The van der Waals surface area contributed by atoms with Crippen LogP contribution in [-0.2, 0) is 4.74 Å². The Balaban J connectivity index is 0.00000338. The smallest absolute Gasteiger partial charge is 0.191 e. The van der Waals surface area contributed by atoms with Gasteiger partial charge in [0.2, 0.25) is 0 Å². The van der Waals surface area contributed by atoms with Crippen molar-refractivity contribution in [3.63, 3.8) is 0 Å². The van der Waals surface area contributed by atoms with Crippen LogP contribution in [0.3, 0.4) is 0 Å². The fourth-order valence-electron chi connectivity index (χ4n) is 3.08. The predicted octanol–water partition coefficient (Wildman–Crippen LogP) is 3.95.